The molecule has 27 heavy (non-hydrogen) atoms. The minimum Gasteiger partial charge on any atom is -0.495 e. The molecular weight excluding hydrogens is 370 g/mol. The third-order valence-electron chi connectivity index (χ3n) is 4.82. The normalized spacial score (nSPS) is 15.6. The average Bonchev–Trinajstić information content (AvgIpc) is 2.95. The van der Waals surface area contributed by atoms with Crippen LogP contribution in [0.25, 0.3) is 0 Å². The molecule has 2 N–H and O–H groups in total. The Hall–Kier alpha value is -2.61. The number of fused-ring (bicyclic) bond motifs is 1. The summed E-state index contributed by atoms with van der Waals surface area (Å²) in [6.07, 6.45) is 2.02. The molecule has 8 nitrogen and oxygen atoms in total. The Labute approximate surface area is 162 Å². The number of esters is 1. The van der Waals surface area contributed by atoms with Crippen molar-refractivity contribution in [3.8, 4) is 5.75 Å². The fourth-order valence-electron chi connectivity index (χ4n) is 3.49. The molecule has 3 heterocycles. The minimum absolute atomic E-state index is 0.0961. The number of methoxy groups -OCH3 is 2. The third-order valence-corrected chi connectivity index (χ3v) is 5.10. The topological polar surface area (TPSA) is 103 Å². The number of hydrogen-bond acceptors (Lipinski definition) is 8. The zero-order chi connectivity index (χ0) is 19.7. The zero-order valence-corrected chi connectivity index (χ0v) is 16.5. The van der Waals surface area contributed by atoms with E-state index in [9.17, 15) is 4.79 Å². The van der Waals surface area contributed by atoms with Gasteiger partial charge < -0.3 is 20.1 Å². The van der Waals surface area contributed by atoms with E-state index >= 15 is 0 Å². The minimum atomic E-state index is -0.310. The first-order valence-corrected chi connectivity index (χ1v) is 8.87. The van der Waals surface area contributed by atoms with Crippen LogP contribution in [-0.2, 0) is 16.1 Å². The van der Waals surface area contributed by atoms with Crippen LogP contribution in [0.15, 0.2) is 6.20 Å². The summed E-state index contributed by atoms with van der Waals surface area (Å²) in [5.41, 5.74) is 9.36. The number of halogens is 1. The number of carbonyl (C=O) groups is 1. The standard InChI is InChI=1S/C18H22ClN5O3/c1-9-12(6-21-10(2)15(9)27-4)8-24-7-11(5-13(25)26-3)14-16(19)22-18(20)23-17(14)24/h6,11H,5,7-8H2,1-4H3,(H2,20,22,23)/t11-/m0/s1. The van der Waals surface area contributed by atoms with Crippen LogP contribution in [0, 0.1) is 13.8 Å². The molecule has 1 atom stereocenters. The van der Waals surface area contributed by atoms with E-state index in [4.69, 9.17) is 26.8 Å². The number of ether oxygens (including phenoxy) is 2. The zero-order valence-electron chi connectivity index (χ0n) is 15.7. The molecule has 0 saturated carbocycles. The maximum atomic E-state index is 11.8. The summed E-state index contributed by atoms with van der Waals surface area (Å²) in [4.78, 5) is 26.7. The summed E-state index contributed by atoms with van der Waals surface area (Å²) in [6, 6.07) is 0. The SMILES string of the molecule is COC(=O)C[C@H]1CN(Cc2cnc(C)c(OC)c2C)c2nc(N)nc(Cl)c21. The van der Waals surface area contributed by atoms with Crippen molar-refractivity contribution in [3.63, 3.8) is 0 Å². The van der Waals surface area contributed by atoms with Crippen molar-refractivity contribution >= 4 is 29.3 Å². The van der Waals surface area contributed by atoms with Crippen LogP contribution in [-0.4, -0.2) is 41.7 Å². The molecule has 9 heteroatoms. The van der Waals surface area contributed by atoms with E-state index in [1.54, 1.807) is 7.11 Å². The molecule has 2 aromatic rings. The summed E-state index contributed by atoms with van der Waals surface area (Å²) >= 11 is 6.32. The van der Waals surface area contributed by atoms with E-state index in [0.717, 1.165) is 28.1 Å². The Morgan fingerprint density at radius 2 is 2.11 bits per heavy atom. The van der Waals surface area contributed by atoms with E-state index in [-0.39, 0.29) is 29.4 Å². The van der Waals surface area contributed by atoms with Crippen molar-refractivity contribution in [1.29, 1.82) is 0 Å². The summed E-state index contributed by atoms with van der Waals surface area (Å²) in [6.45, 7) is 4.98. The number of rotatable bonds is 5. The summed E-state index contributed by atoms with van der Waals surface area (Å²) in [7, 11) is 3.00. The van der Waals surface area contributed by atoms with Gasteiger partial charge in [-0.1, -0.05) is 11.6 Å². The first-order valence-electron chi connectivity index (χ1n) is 8.49. The average molecular weight is 392 g/mol. The molecule has 1 aliphatic rings. The Kier molecular flexibility index (Phi) is 5.36. The lowest BCUT2D eigenvalue weighted by Gasteiger charge is -2.21. The molecule has 144 valence electrons. The second-order valence-electron chi connectivity index (χ2n) is 6.49. The Balaban J connectivity index is 1.97. The van der Waals surface area contributed by atoms with Gasteiger partial charge in [0.05, 0.1) is 26.3 Å². The predicted molar refractivity (Wildman–Crippen MR) is 102 cm³/mol. The Bertz CT molecular complexity index is 890. The molecule has 0 saturated heterocycles. The number of nitrogen functional groups attached to an aromatic ring is 1. The highest BCUT2D eigenvalue weighted by atomic mass is 35.5. The number of carbonyl (C=O) groups excluding carboxylic acids is 1. The van der Waals surface area contributed by atoms with Crippen molar-refractivity contribution in [2.24, 2.45) is 0 Å². The van der Waals surface area contributed by atoms with E-state index < -0.39 is 0 Å². The summed E-state index contributed by atoms with van der Waals surface area (Å²) in [5, 5.41) is 0.269. The van der Waals surface area contributed by atoms with Gasteiger partial charge in [-0.3, -0.25) is 9.78 Å². The highest BCUT2D eigenvalue weighted by Crippen LogP contribution is 2.42. The largest absolute Gasteiger partial charge is 0.495 e. The highest BCUT2D eigenvalue weighted by molar-refractivity contribution is 6.30. The van der Waals surface area contributed by atoms with Gasteiger partial charge in [-0.05, 0) is 25.0 Å². The fourth-order valence-corrected chi connectivity index (χ4v) is 3.81. The number of anilines is 2. The van der Waals surface area contributed by atoms with Crippen LogP contribution in [0.1, 0.15) is 34.7 Å². The van der Waals surface area contributed by atoms with E-state index in [1.807, 2.05) is 24.9 Å². The van der Waals surface area contributed by atoms with Crippen LogP contribution >= 0.6 is 11.6 Å². The maximum Gasteiger partial charge on any atom is 0.306 e. The van der Waals surface area contributed by atoms with Crippen molar-refractivity contribution in [1.82, 2.24) is 15.0 Å². The molecule has 3 rings (SSSR count). The number of hydrogen-bond donors (Lipinski definition) is 1. The van der Waals surface area contributed by atoms with E-state index in [1.165, 1.54) is 7.11 Å². The van der Waals surface area contributed by atoms with Gasteiger partial charge in [-0.2, -0.15) is 4.98 Å². The molecule has 0 fully saturated rings. The second kappa shape index (κ2) is 7.56. The first-order chi connectivity index (χ1) is 12.8. The molecule has 2 aromatic heterocycles. The molecule has 0 aliphatic carbocycles. The lowest BCUT2D eigenvalue weighted by molar-refractivity contribution is -0.141. The van der Waals surface area contributed by atoms with E-state index in [2.05, 4.69) is 15.0 Å². The second-order valence-corrected chi connectivity index (χ2v) is 6.85. The van der Waals surface area contributed by atoms with Crippen molar-refractivity contribution in [3.05, 3.63) is 33.7 Å². The van der Waals surface area contributed by atoms with Crippen LogP contribution in [0.3, 0.4) is 0 Å². The Morgan fingerprint density at radius 1 is 1.37 bits per heavy atom. The molecule has 0 unspecified atom stereocenters. The lowest BCUT2D eigenvalue weighted by Crippen LogP contribution is -2.24. The highest BCUT2D eigenvalue weighted by Gasteiger charge is 2.35. The summed E-state index contributed by atoms with van der Waals surface area (Å²) < 4.78 is 10.3. The predicted octanol–water partition coefficient (Wildman–Crippen LogP) is 2.40. The van der Waals surface area contributed by atoms with Gasteiger partial charge in [0, 0.05) is 30.8 Å². The van der Waals surface area contributed by atoms with Gasteiger partial charge in [0.15, 0.2) is 0 Å². The number of aromatic nitrogens is 3. The summed E-state index contributed by atoms with van der Waals surface area (Å²) in [5.74, 6) is 1.02. The van der Waals surface area contributed by atoms with Crippen LogP contribution in [0.4, 0.5) is 11.8 Å². The molecule has 0 aromatic carbocycles. The van der Waals surface area contributed by atoms with Gasteiger partial charge in [-0.25, -0.2) is 4.98 Å². The molecule has 0 bridgehead atoms. The monoisotopic (exact) mass is 391 g/mol. The molecule has 0 spiro atoms. The molecule has 0 amide bonds. The number of nitrogens with two attached hydrogens (primary N) is 1. The van der Waals surface area contributed by atoms with Gasteiger partial charge in [0.1, 0.15) is 16.7 Å². The lowest BCUT2D eigenvalue weighted by atomic mass is 10.0. The van der Waals surface area contributed by atoms with Gasteiger partial charge >= 0.3 is 5.97 Å². The molecular formula is C18H22ClN5O3. The van der Waals surface area contributed by atoms with Gasteiger partial charge in [0.2, 0.25) is 5.95 Å². The van der Waals surface area contributed by atoms with Gasteiger partial charge in [0.25, 0.3) is 0 Å². The molecule has 1 aliphatic heterocycles. The van der Waals surface area contributed by atoms with Crippen molar-refractivity contribution < 1.29 is 14.3 Å². The van der Waals surface area contributed by atoms with Crippen LogP contribution in [0.5, 0.6) is 5.75 Å². The van der Waals surface area contributed by atoms with Crippen LogP contribution < -0.4 is 15.4 Å². The number of nitrogens with zero attached hydrogens (tertiary/aromatic N) is 4. The van der Waals surface area contributed by atoms with Crippen molar-refractivity contribution in [2.75, 3.05) is 31.4 Å². The van der Waals surface area contributed by atoms with E-state index in [0.29, 0.717) is 18.9 Å². The number of pyridine rings is 1. The van der Waals surface area contributed by atoms with Gasteiger partial charge in [-0.15, -0.1) is 0 Å². The first kappa shape index (κ1) is 19.2. The quantitative estimate of drug-likeness (QED) is 0.612. The maximum absolute atomic E-state index is 11.8. The Morgan fingerprint density at radius 3 is 2.78 bits per heavy atom. The third kappa shape index (κ3) is 3.62. The molecule has 0 radical (unpaired) electrons. The smallest absolute Gasteiger partial charge is 0.306 e. The fraction of sp³-hybridized carbons (Fsp3) is 0.444. The van der Waals surface area contributed by atoms with Crippen molar-refractivity contribution in [2.45, 2.75) is 32.7 Å². The van der Waals surface area contributed by atoms with Crippen LogP contribution in [0.2, 0.25) is 5.15 Å². The number of aryl methyl sites for hydroxylation is 1.